The van der Waals surface area contributed by atoms with Gasteiger partial charge in [0.1, 0.15) is 11.6 Å². The normalized spacial score (nSPS) is 12.0. The molecule has 0 saturated carbocycles. The topological polar surface area (TPSA) is 55.4 Å². The van der Waals surface area contributed by atoms with Gasteiger partial charge in [0.05, 0.1) is 0 Å². The molecule has 25 heavy (non-hydrogen) atoms. The molecule has 0 spiro atoms. The first-order valence-corrected chi connectivity index (χ1v) is 8.04. The molecule has 1 amide bonds. The van der Waals surface area contributed by atoms with Crippen LogP contribution >= 0.6 is 15.9 Å². The van der Waals surface area contributed by atoms with Crippen LogP contribution in [0.2, 0.25) is 0 Å². The van der Waals surface area contributed by atoms with E-state index in [0.29, 0.717) is 10.2 Å². The average Bonchev–Trinajstić information content (AvgIpc) is 2.57. The lowest BCUT2D eigenvalue weighted by Crippen LogP contribution is -2.29. The summed E-state index contributed by atoms with van der Waals surface area (Å²) in [7, 11) is 0. The zero-order chi connectivity index (χ0) is 18.4. The lowest BCUT2D eigenvalue weighted by molar-refractivity contribution is -0.148. The molecule has 0 aliphatic heterocycles. The van der Waals surface area contributed by atoms with Crippen LogP contribution in [0, 0.1) is 11.6 Å². The van der Waals surface area contributed by atoms with Gasteiger partial charge in [0, 0.05) is 21.8 Å². The lowest BCUT2D eigenvalue weighted by atomic mass is 10.2. The highest BCUT2D eigenvalue weighted by molar-refractivity contribution is 9.10. The van der Waals surface area contributed by atoms with Gasteiger partial charge in [0.2, 0.25) is 0 Å². The molecule has 4 nitrogen and oxygen atoms in total. The average molecular weight is 410 g/mol. The molecule has 0 aliphatic rings. The van der Waals surface area contributed by atoms with Gasteiger partial charge in [0.25, 0.3) is 5.91 Å². The van der Waals surface area contributed by atoms with E-state index in [1.54, 1.807) is 0 Å². The summed E-state index contributed by atoms with van der Waals surface area (Å²) in [5.74, 6) is -2.28. The van der Waals surface area contributed by atoms with Gasteiger partial charge in [-0.3, -0.25) is 4.79 Å². The fourth-order valence-corrected chi connectivity index (χ4v) is 2.22. The van der Waals surface area contributed by atoms with Gasteiger partial charge in [-0.25, -0.2) is 13.6 Å². The van der Waals surface area contributed by atoms with Crippen molar-refractivity contribution in [3.8, 4) is 0 Å². The number of rotatable bonds is 5. The van der Waals surface area contributed by atoms with E-state index in [-0.39, 0.29) is 5.56 Å². The van der Waals surface area contributed by atoms with Gasteiger partial charge < -0.3 is 10.1 Å². The van der Waals surface area contributed by atoms with Gasteiger partial charge >= 0.3 is 5.97 Å². The largest absolute Gasteiger partial charge is 0.449 e. The summed E-state index contributed by atoms with van der Waals surface area (Å²) in [6.45, 7) is 1.39. The van der Waals surface area contributed by atoms with Crippen LogP contribution in [0.3, 0.4) is 0 Å². The van der Waals surface area contributed by atoms with E-state index in [2.05, 4.69) is 21.2 Å². The molecule has 2 aromatic rings. The number of nitrogens with one attached hydrogen (secondary N) is 1. The molecule has 1 N–H and O–H groups in total. The highest BCUT2D eigenvalue weighted by Crippen LogP contribution is 2.17. The SMILES string of the molecule is CC(OC(=O)/C=C/c1cc(Br)ccc1F)C(=O)Nc1ccc(F)cc1. The van der Waals surface area contributed by atoms with E-state index >= 15 is 0 Å². The monoisotopic (exact) mass is 409 g/mol. The van der Waals surface area contributed by atoms with Crippen molar-refractivity contribution in [3.05, 3.63) is 70.2 Å². The van der Waals surface area contributed by atoms with Crippen molar-refractivity contribution < 1.29 is 23.1 Å². The third-order valence-electron chi connectivity index (χ3n) is 3.13. The second-order valence-corrected chi connectivity index (χ2v) is 5.99. The Morgan fingerprint density at radius 2 is 1.84 bits per heavy atom. The van der Waals surface area contributed by atoms with Gasteiger partial charge in [-0.1, -0.05) is 15.9 Å². The summed E-state index contributed by atoms with van der Waals surface area (Å²) in [6, 6.07) is 9.46. The Morgan fingerprint density at radius 1 is 1.16 bits per heavy atom. The zero-order valence-corrected chi connectivity index (χ0v) is 14.7. The molecule has 0 aliphatic carbocycles. The number of halogens is 3. The maximum absolute atomic E-state index is 13.6. The van der Waals surface area contributed by atoms with Crippen molar-refractivity contribution in [1.82, 2.24) is 0 Å². The van der Waals surface area contributed by atoms with Crippen molar-refractivity contribution in [2.24, 2.45) is 0 Å². The quantitative estimate of drug-likeness (QED) is 0.591. The molecule has 1 unspecified atom stereocenters. The lowest BCUT2D eigenvalue weighted by Gasteiger charge is -2.12. The second kappa shape index (κ2) is 8.53. The van der Waals surface area contributed by atoms with E-state index in [9.17, 15) is 18.4 Å². The molecule has 0 saturated heterocycles. The molecule has 0 heterocycles. The summed E-state index contributed by atoms with van der Waals surface area (Å²) >= 11 is 3.21. The first-order chi connectivity index (χ1) is 11.8. The summed E-state index contributed by atoms with van der Waals surface area (Å²) in [4.78, 5) is 23.7. The van der Waals surface area contributed by atoms with Crippen LogP contribution in [-0.4, -0.2) is 18.0 Å². The summed E-state index contributed by atoms with van der Waals surface area (Å²) in [5.41, 5.74) is 0.579. The minimum atomic E-state index is -1.07. The van der Waals surface area contributed by atoms with E-state index in [1.807, 2.05) is 0 Å². The predicted molar refractivity (Wildman–Crippen MR) is 93.7 cm³/mol. The van der Waals surface area contributed by atoms with Crippen LogP contribution in [0.15, 0.2) is 53.0 Å². The maximum atomic E-state index is 13.6. The molecular formula is C18H14BrF2NO3. The second-order valence-electron chi connectivity index (χ2n) is 5.07. The Balaban J connectivity index is 1.92. The number of esters is 1. The Hall–Kier alpha value is -2.54. The maximum Gasteiger partial charge on any atom is 0.331 e. The van der Waals surface area contributed by atoms with Crippen molar-refractivity contribution in [3.63, 3.8) is 0 Å². The van der Waals surface area contributed by atoms with Gasteiger partial charge in [-0.2, -0.15) is 0 Å². The van der Waals surface area contributed by atoms with E-state index in [1.165, 1.54) is 55.5 Å². The molecule has 1 atom stereocenters. The summed E-state index contributed by atoms with van der Waals surface area (Å²) in [5, 5.41) is 2.49. The fourth-order valence-electron chi connectivity index (χ4n) is 1.84. The van der Waals surface area contributed by atoms with Crippen LogP contribution in [0.1, 0.15) is 12.5 Å². The fraction of sp³-hybridized carbons (Fsp3) is 0.111. The molecule has 0 aromatic heterocycles. The van der Waals surface area contributed by atoms with Crippen LogP contribution < -0.4 is 5.32 Å². The Morgan fingerprint density at radius 3 is 2.52 bits per heavy atom. The third kappa shape index (κ3) is 5.79. The van der Waals surface area contributed by atoms with Gasteiger partial charge in [-0.15, -0.1) is 0 Å². The van der Waals surface area contributed by atoms with Crippen LogP contribution in [-0.2, 0) is 14.3 Å². The number of ether oxygens (including phenoxy) is 1. The van der Waals surface area contributed by atoms with Crippen molar-refractivity contribution >= 4 is 39.6 Å². The molecule has 0 fully saturated rings. The van der Waals surface area contributed by atoms with Crippen molar-refractivity contribution in [1.29, 1.82) is 0 Å². The minimum Gasteiger partial charge on any atom is -0.449 e. The van der Waals surface area contributed by atoms with Crippen LogP contribution in [0.25, 0.3) is 6.08 Å². The highest BCUT2D eigenvalue weighted by atomic mass is 79.9. The Kier molecular flexibility index (Phi) is 6.41. The van der Waals surface area contributed by atoms with Gasteiger partial charge in [0.15, 0.2) is 6.10 Å². The smallest absolute Gasteiger partial charge is 0.331 e. The molecule has 0 bridgehead atoms. The molecule has 7 heteroatoms. The minimum absolute atomic E-state index is 0.203. The first kappa shape index (κ1) is 18.8. The summed E-state index contributed by atoms with van der Waals surface area (Å²) in [6.07, 6.45) is 1.22. The van der Waals surface area contributed by atoms with Crippen molar-refractivity contribution in [2.75, 3.05) is 5.32 Å². The molecule has 2 rings (SSSR count). The van der Waals surface area contributed by atoms with E-state index < -0.39 is 29.6 Å². The van der Waals surface area contributed by atoms with E-state index in [4.69, 9.17) is 4.74 Å². The predicted octanol–water partition coefficient (Wildman–Crippen LogP) is 4.31. The number of hydrogen-bond donors (Lipinski definition) is 1. The van der Waals surface area contributed by atoms with Crippen LogP contribution in [0.5, 0.6) is 0 Å². The number of anilines is 1. The zero-order valence-electron chi connectivity index (χ0n) is 13.1. The standard InChI is InChI=1S/C18H14BrF2NO3/c1-11(18(24)22-15-6-4-14(20)5-7-15)25-17(23)9-2-12-10-13(19)3-8-16(12)21/h2-11H,1H3,(H,22,24)/b9-2+. The molecule has 2 aromatic carbocycles. The van der Waals surface area contributed by atoms with Gasteiger partial charge in [-0.05, 0) is 55.5 Å². The molecular weight excluding hydrogens is 396 g/mol. The van der Waals surface area contributed by atoms with Crippen molar-refractivity contribution in [2.45, 2.75) is 13.0 Å². The number of amides is 1. The molecule has 130 valence electrons. The number of hydrogen-bond acceptors (Lipinski definition) is 3. The van der Waals surface area contributed by atoms with Crippen LogP contribution in [0.4, 0.5) is 14.5 Å². The van der Waals surface area contributed by atoms with E-state index in [0.717, 1.165) is 6.08 Å². The summed E-state index contributed by atoms with van der Waals surface area (Å²) < 4.78 is 32.0. The first-order valence-electron chi connectivity index (χ1n) is 7.25. The highest BCUT2D eigenvalue weighted by Gasteiger charge is 2.16. The molecule has 0 radical (unpaired) electrons. The third-order valence-corrected chi connectivity index (χ3v) is 3.62. The number of benzene rings is 2. The Bertz CT molecular complexity index is 806. The number of carbonyl (C=O) groups is 2. The Labute approximate surface area is 151 Å². The number of carbonyl (C=O) groups excluding carboxylic acids is 2.